The van der Waals surface area contributed by atoms with E-state index in [0.717, 1.165) is 55.7 Å². The Bertz CT molecular complexity index is 952. The summed E-state index contributed by atoms with van der Waals surface area (Å²) >= 11 is 0. The Morgan fingerprint density at radius 3 is 2.32 bits per heavy atom. The van der Waals surface area contributed by atoms with E-state index in [4.69, 9.17) is 4.52 Å². The van der Waals surface area contributed by atoms with Crippen molar-refractivity contribution in [2.45, 2.75) is 33.6 Å². The van der Waals surface area contributed by atoms with Crippen LogP contribution in [0.4, 0.5) is 0 Å². The highest BCUT2D eigenvalue weighted by Crippen LogP contribution is 2.30. The molecular weight excluding hydrogens is 392 g/mol. The molecule has 0 spiro atoms. The maximum atomic E-state index is 13.1. The largest absolute Gasteiger partial charge is 0.355 e. The number of carbonyl (C=O) groups is 2. The second-order valence-electron chi connectivity index (χ2n) is 9.07. The molecule has 4 rings (SSSR count). The summed E-state index contributed by atoms with van der Waals surface area (Å²) in [5, 5.41) is 4.07. The van der Waals surface area contributed by atoms with Crippen molar-refractivity contribution in [3.63, 3.8) is 0 Å². The van der Waals surface area contributed by atoms with Crippen molar-refractivity contribution in [1.82, 2.24) is 19.9 Å². The van der Waals surface area contributed by atoms with Gasteiger partial charge in [-0.3, -0.25) is 9.59 Å². The van der Waals surface area contributed by atoms with Crippen molar-refractivity contribution < 1.29 is 14.1 Å². The van der Waals surface area contributed by atoms with E-state index in [0.29, 0.717) is 24.5 Å². The number of benzene rings is 1. The van der Waals surface area contributed by atoms with Gasteiger partial charge in [-0.05, 0) is 51.8 Å². The first-order valence-electron chi connectivity index (χ1n) is 11.1. The summed E-state index contributed by atoms with van der Waals surface area (Å²) in [4.78, 5) is 32.1. The summed E-state index contributed by atoms with van der Waals surface area (Å²) in [5.41, 5.74) is 4.69. The fourth-order valence-electron chi connectivity index (χ4n) is 4.87. The zero-order valence-corrected chi connectivity index (χ0v) is 19.0. The monoisotopic (exact) mass is 424 g/mol. The normalized spacial score (nSPS) is 20.2. The summed E-state index contributed by atoms with van der Waals surface area (Å²) < 4.78 is 5.57. The molecule has 2 saturated heterocycles. The van der Waals surface area contributed by atoms with E-state index < -0.39 is 0 Å². The van der Waals surface area contributed by atoms with Gasteiger partial charge in [0.2, 0.25) is 5.91 Å². The fourth-order valence-corrected chi connectivity index (χ4v) is 4.87. The molecule has 166 valence electrons. The van der Waals surface area contributed by atoms with Gasteiger partial charge in [-0.15, -0.1) is 0 Å². The van der Waals surface area contributed by atoms with E-state index >= 15 is 0 Å². The van der Waals surface area contributed by atoms with E-state index in [2.05, 4.69) is 36.2 Å². The number of aryl methyl sites for hydroxylation is 3. The molecule has 0 aliphatic carbocycles. The summed E-state index contributed by atoms with van der Waals surface area (Å²) in [6.07, 6.45) is 1.66. The predicted octanol–water partition coefficient (Wildman–Crippen LogP) is 2.89. The lowest BCUT2D eigenvalue weighted by atomic mass is 9.95. The first-order chi connectivity index (χ1) is 14.8. The SMILES string of the molecule is Cc1cc(C)c(-c2cc(C(=O)N3CCC[C@H](C(=O)N4CCN(C)CC4)C3)no2)c(C)c1. The maximum absolute atomic E-state index is 13.1. The Morgan fingerprint density at radius 2 is 1.65 bits per heavy atom. The van der Waals surface area contributed by atoms with Gasteiger partial charge in [0.1, 0.15) is 0 Å². The topological polar surface area (TPSA) is 69.9 Å². The van der Waals surface area contributed by atoms with Crippen LogP contribution in [0.25, 0.3) is 11.3 Å². The molecule has 0 unspecified atom stereocenters. The zero-order chi connectivity index (χ0) is 22.1. The van der Waals surface area contributed by atoms with Crippen molar-refractivity contribution in [2.75, 3.05) is 46.3 Å². The minimum Gasteiger partial charge on any atom is -0.355 e. The highest BCUT2D eigenvalue weighted by Gasteiger charge is 2.33. The van der Waals surface area contributed by atoms with Crippen LogP contribution in [-0.2, 0) is 4.79 Å². The highest BCUT2D eigenvalue weighted by molar-refractivity contribution is 5.94. The van der Waals surface area contributed by atoms with Gasteiger partial charge in [-0.1, -0.05) is 22.9 Å². The highest BCUT2D eigenvalue weighted by atomic mass is 16.5. The summed E-state index contributed by atoms with van der Waals surface area (Å²) in [6.45, 7) is 10.6. The number of likely N-dealkylation sites (tertiary alicyclic amines) is 1. The molecule has 2 aromatic rings. The number of aromatic nitrogens is 1. The molecule has 2 aliphatic rings. The average molecular weight is 425 g/mol. The number of hydrogen-bond acceptors (Lipinski definition) is 5. The van der Waals surface area contributed by atoms with Gasteiger partial charge in [-0.2, -0.15) is 0 Å². The Balaban J connectivity index is 1.46. The molecule has 7 nitrogen and oxygen atoms in total. The maximum Gasteiger partial charge on any atom is 0.276 e. The Kier molecular flexibility index (Phi) is 6.14. The zero-order valence-electron chi connectivity index (χ0n) is 19.0. The van der Waals surface area contributed by atoms with Gasteiger partial charge in [0, 0.05) is 50.9 Å². The Hall–Kier alpha value is -2.67. The van der Waals surface area contributed by atoms with Gasteiger partial charge in [-0.25, -0.2) is 0 Å². The molecule has 0 N–H and O–H groups in total. The van der Waals surface area contributed by atoms with Crippen LogP contribution in [0.1, 0.15) is 40.0 Å². The first-order valence-corrected chi connectivity index (χ1v) is 11.1. The van der Waals surface area contributed by atoms with Crippen LogP contribution < -0.4 is 0 Å². The van der Waals surface area contributed by atoms with Crippen molar-refractivity contribution in [3.05, 3.63) is 40.6 Å². The number of piperazine rings is 1. The molecule has 1 aromatic carbocycles. The van der Waals surface area contributed by atoms with Crippen LogP contribution in [0.15, 0.2) is 22.7 Å². The number of likely N-dealkylation sites (N-methyl/N-ethyl adjacent to an activating group) is 1. The predicted molar refractivity (Wildman–Crippen MR) is 119 cm³/mol. The van der Waals surface area contributed by atoms with E-state index in [9.17, 15) is 9.59 Å². The summed E-state index contributed by atoms with van der Waals surface area (Å²) in [5.74, 6) is 0.500. The lowest BCUT2D eigenvalue weighted by molar-refractivity contribution is -0.138. The minimum absolute atomic E-state index is 0.130. The number of amides is 2. The van der Waals surface area contributed by atoms with Gasteiger partial charge < -0.3 is 19.2 Å². The van der Waals surface area contributed by atoms with E-state index in [1.54, 1.807) is 11.0 Å². The number of carbonyl (C=O) groups excluding carboxylic acids is 2. The molecule has 31 heavy (non-hydrogen) atoms. The second kappa shape index (κ2) is 8.83. The third kappa shape index (κ3) is 4.51. The third-order valence-corrected chi connectivity index (χ3v) is 6.53. The Morgan fingerprint density at radius 1 is 0.968 bits per heavy atom. The van der Waals surface area contributed by atoms with Crippen molar-refractivity contribution in [2.24, 2.45) is 5.92 Å². The number of hydrogen-bond donors (Lipinski definition) is 0. The summed E-state index contributed by atoms with van der Waals surface area (Å²) in [6, 6.07) is 5.94. The molecule has 7 heteroatoms. The molecular formula is C24H32N4O3. The molecule has 2 fully saturated rings. The number of nitrogens with zero attached hydrogens (tertiary/aromatic N) is 4. The van der Waals surface area contributed by atoms with Crippen LogP contribution in [0.3, 0.4) is 0 Å². The number of rotatable bonds is 3. The molecule has 0 bridgehead atoms. The average Bonchev–Trinajstić information content (AvgIpc) is 3.22. The van der Waals surface area contributed by atoms with Gasteiger partial charge in [0.05, 0.1) is 5.92 Å². The molecule has 2 amide bonds. The fraction of sp³-hybridized carbons (Fsp3) is 0.542. The first kappa shape index (κ1) is 21.6. The standard InChI is InChI=1S/C24H32N4O3/c1-16-12-17(2)22(18(3)13-16)21-14-20(25-31-21)24(30)28-7-5-6-19(15-28)23(29)27-10-8-26(4)9-11-27/h12-14,19H,5-11,15H2,1-4H3/t19-/m0/s1. The van der Waals surface area contributed by atoms with Crippen molar-refractivity contribution in [1.29, 1.82) is 0 Å². The van der Waals surface area contributed by atoms with Crippen LogP contribution in [0, 0.1) is 26.7 Å². The summed E-state index contributed by atoms with van der Waals surface area (Å²) in [7, 11) is 2.08. The second-order valence-corrected chi connectivity index (χ2v) is 9.07. The number of piperidine rings is 1. The van der Waals surface area contributed by atoms with E-state index in [-0.39, 0.29) is 17.7 Å². The molecule has 2 aliphatic heterocycles. The Labute approximate surface area is 184 Å². The van der Waals surface area contributed by atoms with Gasteiger partial charge >= 0.3 is 0 Å². The van der Waals surface area contributed by atoms with Gasteiger partial charge in [0.15, 0.2) is 11.5 Å². The van der Waals surface area contributed by atoms with E-state index in [1.165, 1.54) is 5.56 Å². The molecule has 0 radical (unpaired) electrons. The van der Waals surface area contributed by atoms with Crippen LogP contribution >= 0.6 is 0 Å². The lowest BCUT2D eigenvalue weighted by Gasteiger charge is -2.37. The van der Waals surface area contributed by atoms with Crippen molar-refractivity contribution >= 4 is 11.8 Å². The lowest BCUT2D eigenvalue weighted by Crippen LogP contribution is -2.52. The molecule has 1 aromatic heterocycles. The quantitative estimate of drug-likeness (QED) is 0.758. The van der Waals surface area contributed by atoms with Crippen LogP contribution in [-0.4, -0.2) is 78.0 Å². The molecule has 1 atom stereocenters. The minimum atomic E-state index is -0.159. The van der Waals surface area contributed by atoms with E-state index in [1.807, 2.05) is 18.7 Å². The third-order valence-electron chi connectivity index (χ3n) is 6.53. The van der Waals surface area contributed by atoms with Gasteiger partial charge in [0.25, 0.3) is 5.91 Å². The smallest absolute Gasteiger partial charge is 0.276 e. The van der Waals surface area contributed by atoms with Crippen molar-refractivity contribution in [3.8, 4) is 11.3 Å². The van der Waals surface area contributed by atoms with Crippen LogP contribution in [0.5, 0.6) is 0 Å². The molecule has 3 heterocycles. The molecule has 0 saturated carbocycles. The van der Waals surface area contributed by atoms with Crippen LogP contribution in [0.2, 0.25) is 0 Å².